The number of nitro benzene ring substituents is 1. The van der Waals surface area contributed by atoms with Crippen LogP contribution in [0.25, 0.3) is 6.08 Å². The van der Waals surface area contributed by atoms with Crippen LogP contribution in [0, 0.1) is 10.1 Å². The van der Waals surface area contributed by atoms with Crippen LogP contribution in [0.1, 0.15) is 5.56 Å². The summed E-state index contributed by atoms with van der Waals surface area (Å²) in [6.45, 7) is -0.184. The van der Waals surface area contributed by atoms with Gasteiger partial charge in [-0.1, -0.05) is 12.1 Å². The van der Waals surface area contributed by atoms with Gasteiger partial charge in [0.25, 0.3) is 5.69 Å². The van der Waals surface area contributed by atoms with Crippen molar-refractivity contribution in [2.45, 2.75) is 0 Å². The van der Waals surface area contributed by atoms with Crippen molar-refractivity contribution in [3.63, 3.8) is 0 Å². The maximum atomic E-state index is 11.7. The van der Waals surface area contributed by atoms with E-state index in [4.69, 9.17) is 0 Å². The fourth-order valence-corrected chi connectivity index (χ4v) is 1.42. The summed E-state index contributed by atoms with van der Waals surface area (Å²) < 4.78 is 4.44. The van der Waals surface area contributed by atoms with Gasteiger partial charge in [-0.25, -0.2) is 0 Å². The number of nitrogens with zero attached hydrogens (tertiary/aromatic N) is 2. The molecule has 0 fully saturated rings. The summed E-state index contributed by atoms with van der Waals surface area (Å²) in [5, 5.41) is 10.8. The second-order valence-corrected chi connectivity index (χ2v) is 3.92. The van der Waals surface area contributed by atoms with E-state index in [1.54, 1.807) is 12.1 Å². The molecule has 7 nitrogen and oxygen atoms in total. The highest BCUT2D eigenvalue weighted by molar-refractivity contribution is 5.94. The van der Waals surface area contributed by atoms with Crippen molar-refractivity contribution < 1.29 is 19.2 Å². The first-order valence-corrected chi connectivity index (χ1v) is 5.69. The van der Waals surface area contributed by atoms with Gasteiger partial charge in [0, 0.05) is 19.2 Å². The number of hydrogen-bond acceptors (Lipinski definition) is 5. The average Bonchev–Trinajstić information content (AvgIpc) is 2.44. The van der Waals surface area contributed by atoms with Gasteiger partial charge in [-0.2, -0.15) is 0 Å². The third-order valence-electron chi connectivity index (χ3n) is 2.51. The number of para-hydroxylation sites is 1. The number of rotatable bonds is 5. The Labute approximate surface area is 115 Å². The molecule has 1 aromatic carbocycles. The molecule has 0 aliphatic carbocycles. The Morgan fingerprint density at radius 2 is 2.05 bits per heavy atom. The monoisotopic (exact) mass is 278 g/mol. The lowest BCUT2D eigenvalue weighted by Crippen LogP contribution is -2.31. The fraction of sp³-hybridized carbons (Fsp3) is 0.231. The maximum Gasteiger partial charge on any atom is 0.325 e. The highest BCUT2D eigenvalue weighted by atomic mass is 16.6. The van der Waals surface area contributed by atoms with Gasteiger partial charge in [-0.05, 0) is 12.1 Å². The van der Waals surface area contributed by atoms with E-state index < -0.39 is 16.8 Å². The Morgan fingerprint density at radius 1 is 1.40 bits per heavy atom. The summed E-state index contributed by atoms with van der Waals surface area (Å²) in [6, 6.07) is 6.06. The predicted octanol–water partition coefficient (Wildman–Crippen LogP) is 1.24. The summed E-state index contributed by atoms with van der Waals surface area (Å²) >= 11 is 0. The molecular weight excluding hydrogens is 264 g/mol. The zero-order valence-electron chi connectivity index (χ0n) is 11.1. The van der Waals surface area contributed by atoms with Crippen LogP contribution in [-0.4, -0.2) is 42.4 Å². The van der Waals surface area contributed by atoms with Crippen LogP contribution in [0.4, 0.5) is 5.69 Å². The number of hydrogen-bond donors (Lipinski definition) is 0. The van der Waals surface area contributed by atoms with Crippen molar-refractivity contribution in [3.8, 4) is 0 Å². The lowest BCUT2D eigenvalue weighted by atomic mass is 10.1. The zero-order valence-corrected chi connectivity index (χ0v) is 11.1. The van der Waals surface area contributed by atoms with Gasteiger partial charge in [-0.15, -0.1) is 0 Å². The number of ether oxygens (including phenoxy) is 1. The average molecular weight is 278 g/mol. The number of carbonyl (C=O) groups is 2. The van der Waals surface area contributed by atoms with E-state index in [-0.39, 0.29) is 12.2 Å². The highest BCUT2D eigenvalue weighted by Gasteiger charge is 2.12. The molecular formula is C13H14N2O5. The molecule has 0 atom stereocenters. The Hall–Kier alpha value is -2.70. The summed E-state index contributed by atoms with van der Waals surface area (Å²) in [4.78, 5) is 34.1. The van der Waals surface area contributed by atoms with Crippen molar-refractivity contribution in [1.29, 1.82) is 0 Å². The van der Waals surface area contributed by atoms with Crippen molar-refractivity contribution in [2.75, 3.05) is 20.7 Å². The van der Waals surface area contributed by atoms with Crippen LogP contribution in [0.2, 0.25) is 0 Å². The van der Waals surface area contributed by atoms with Gasteiger partial charge in [0.15, 0.2) is 0 Å². The Balaban J connectivity index is 2.80. The fourth-order valence-electron chi connectivity index (χ4n) is 1.42. The minimum atomic E-state index is -0.542. The van der Waals surface area contributed by atoms with Crippen LogP contribution in [0.15, 0.2) is 30.3 Å². The molecule has 0 saturated heterocycles. The third kappa shape index (κ3) is 4.20. The Bertz CT molecular complexity index is 553. The molecule has 1 aromatic rings. The Morgan fingerprint density at radius 3 is 2.65 bits per heavy atom. The number of carbonyl (C=O) groups excluding carboxylic acids is 2. The molecule has 1 amide bonds. The lowest BCUT2D eigenvalue weighted by molar-refractivity contribution is -0.385. The van der Waals surface area contributed by atoms with Crippen LogP contribution in [0.5, 0.6) is 0 Å². The molecule has 20 heavy (non-hydrogen) atoms. The van der Waals surface area contributed by atoms with E-state index in [0.717, 1.165) is 4.90 Å². The minimum Gasteiger partial charge on any atom is -0.468 e. The predicted molar refractivity (Wildman–Crippen MR) is 71.8 cm³/mol. The first-order chi connectivity index (χ1) is 9.45. The van der Waals surface area contributed by atoms with Gasteiger partial charge in [0.1, 0.15) is 6.54 Å². The van der Waals surface area contributed by atoms with E-state index >= 15 is 0 Å². The normalized spacial score (nSPS) is 10.3. The largest absolute Gasteiger partial charge is 0.468 e. The van der Waals surface area contributed by atoms with Gasteiger partial charge in [0.05, 0.1) is 17.6 Å². The van der Waals surface area contributed by atoms with Gasteiger partial charge in [0.2, 0.25) is 5.91 Å². The number of methoxy groups -OCH3 is 1. The van der Waals surface area contributed by atoms with E-state index in [1.165, 1.54) is 38.4 Å². The molecule has 0 heterocycles. The maximum absolute atomic E-state index is 11.7. The number of esters is 1. The van der Waals surface area contributed by atoms with Crippen molar-refractivity contribution in [3.05, 3.63) is 46.0 Å². The van der Waals surface area contributed by atoms with Crippen LogP contribution in [-0.2, 0) is 14.3 Å². The summed E-state index contributed by atoms with van der Waals surface area (Å²) in [7, 11) is 2.66. The third-order valence-corrected chi connectivity index (χ3v) is 2.51. The van der Waals surface area contributed by atoms with Crippen LogP contribution >= 0.6 is 0 Å². The quantitative estimate of drug-likeness (QED) is 0.350. The van der Waals surface area contributed by atoms with E-state index in [2.05, 4.69) is 4.74 Å². The molecule has 0 radical (unpaired) electrons. The molecule has 0 spiro atoms. The van der Waals surface area contributed by atoms with Crippen LogP contribution < -0.4 is 0 Å². The summed E-state index contributed by atoms with van der Waals surface area (Å²) in [5.41, 5.74) is 0.226. The SMILES string of the molecule is COC(=O)CN(C)C(=O)/C=C/c1ccccc1[N+](=O)[O-]. The standard InChI is InChI=1S/C13H14N2O5/c1-14(9-13(17)20-2)12(16)8-7-10-5-3-4-6-11(10)15(18)19/h3-8H,9H2,1-2H3/b8-7+. The number of likely N-dealkylation sites (N-methyl/N-ethyl adjacent to an activating group) is 1. The topological polar surface area (TPSA) is 89.8 Å². The van der Waals surface area contributed by atoms with Crippen molar-refractivity contribution in [2.24, 2.45) is 0 Å². The molecule has 1 rings (SSSR count). The van der Waals surface area contributed by atoms with Gasteiger partial charge >= 0.3 is 5.97 Å². The molecule has 106 valence electrons. The lowest BCUT2D eigenvalue weighted by Gasteiger charge is -2.12. The first kappa shape index (κ1) is 15.4. The smallest absolute Gasteiger partial charge is 0.325 e. The van der Waals surface area contributed by atoms with E-state index in [0.29, 0.717) is 5.56 Å². The minimum absolute atomic E-state index is 0.0906. The molecule has 0 bridgehead atoms. The molecule has 0 N–H and O–H groups in total. The second-order valence-electron chi connectivity index (χ2n) is 3.92. The zero-order chi connectivity index (χ0) is 15.1. The van der Waals surface area contributed by atoms with Gasteiger partial charge < -0.3 is 9.64 Å². The molecule has 0 saturated carbocycles. The second kappa shape index (κ2) is 7.03. The van der Waals surface area contributed by atoms with Crippen molar-refractivity contribution in [1.82, 2.24) is 4.90 Å². The van der Waals surface area contributed by atoms with E-state index in [9.17, 15) is 19.7 Å². The summed E-state index contributed by atoms with van der Waals surface area (Å²) in [5.74, 6) is -0.992. The molecule has 0 aromatic heterocycles. The molecule has 0 aliphatic heterocycles. The first-order valence-electron chi connectivity index (χ1n) is 5.69. The summed E-state index contributed by atoms with van der Waals surface area (Å²) in [6.07, 6.45) is 2.51. The van der Waals surface area contributed by atoms with E-state index in [1.807, 2.05) is 0 Å². The highest BCUT2D eigenvalue weighted by Crippen LogP contribution is 2.18. The Kier molecular flexibility index (Phi) is 5.40. The number of amides is 1. The van der Waals surface area contributed by atoms with Crippen molar-refractivity contribution >= 4 is 23.6 Å². The molecule has 7 heteroatoms. The molecule has 0 unspecified atom stereocenters. The van der Waals surface area contributed by atoms with Crippen LogP contribution in [0.3, 0.4) is 0 Å². The molecule has 0 aliphatic rings. The number of nitro groups is 1. The van der Waals surface area contributed by atoms with Gasteiger partial charge in [-0.3, -0.25) is 19.7 Å². The number of benzene rings is 1.